The Hall–Kier alpha value is -7.47. The number of amidine groups is 1. The van der Waals surface area contributed by atoms with E-state index in [0.717, 1.165) is 79.3 Å². The van der Waals surface area contributed by atoms with E-state index in [0.29, 0.717) is 0 Å². The highest BCUT2D eigenvalue weighted by Gasteiger charge is 2.27. The van der Waals surface area contributed by atoms with Crippen LogP contribution in [0.5, 0.6) is 0 Å². The summed E-state index contributed by atoms with van der Waals surface area (Å²) in [6.07, 6.45) is 14.1. The van der Waals surface area contributed by atoms with Gasteiger partial charge in [-0.05, 0) is 122 Å². The van der Waals surface area contributed by atoms with Gasteiger partial charge in [0.2, 0.25) is 0 Å². The van der Waals surface area contributed by atoms with Crippen LogP contribution in [0, 0.1) is 0 Å². The van der Waals surface area contributed by atoms with E-state index >= 15 is 0 Å². The minimum absolute atomic E-state index is 0.159. The summed E-state index contributed by atoms with van der Waals surface area (Å²) in [6, 6.07) is 63.5. The number of nitrogens with zero attached hydrogens (tertiary/aromatic N) is 1. The summed E-state index contributed by atoms with van der Waals surface area (Å²) in [7, 11) is 0. The Balaban J connectivity index is 1.09. The van der Waals surface area contributed by atoms with Crippen LogP contribution in [0.2, 0.25) is 0 Å². The first-order chi connectivity index (χ1) is 29.7. The second kappa shape index (κ2) is 16.8. The lowest BCUT2D eigenvalue weighted by Gasteiger charge is -2.33. The Labute approximate surface area is 352 Å². The van der Waals surface area contributed by atoms with Crippen LogP contribution in [-0.2, 0) is 0 Å². The van der Waals surface area contributed by atoms with Gasteiger partial charge in [0, 0.05) is 17.8 Å². The van der Waals surface area contributed by atoms with Crippen LogP contribution in [0.3, 0.4) is 0 Å². The molecule has 290 valence electrons. The minimum atomic E-state index is -0.343. The summed E-state index contributed by atoms with van der Waals surface area (Å²) in [5.74, 6) is 0.838. The van der Waals surface area contributed by atoms with E-state index in [2.05, 4.69) is 228 Å². The first kappa shape index (κ1) is 36.8. The summed E-state index contributed by atoms with van der Waals surface area (Å²) in [5.41, 5.74) is 16.0. The van der Waals surface area contributed by atoms with E-state index in [-0.39, 0.29) is 18.4 Å². The van der Waals surface area contributed by atoms with Crippen LogP contribution in [0.25, 0.3) is 50.2 Å². The maximum atomic E-state index is 5.54. The fourth-order valence-corrected chi connectivity index (χ4v) is 8.23. The van der Waals surface area contributed by atoms with E-state index in [4.69, 9.17) is 4.99 Å². The van der Waals surface area contributed by atoms with Gasteiger partial charge in [0.25, 0.3) is 0 Å². The quantitative estimate of drug-likeness (QED) is 0.118. The maximum absolute atomic E-state index is 5.54. The van der Waals surface area contributed by atoms with Gasteiger partial charge in [-0.15, -0.1) is 0 Å². The van der Waals surface area contributed by atoms with E-state index in [1.165, 1.54) is 11.1 Å². The van der Waals surface area contributed by atoms with Gasteiger partial charge in [-0.25, -0.2) is 4.99 Å². The van der Waals surface area contributed by atoms with Gasteiger partial charge < -0.3 is 16.0 Å². The molecule has 3 aliphatic rings. The first-order valence-electron chi connectivity index (χ1n) is 20.7. The summed E-state index contributed by atoms with van der Waals surface area (Å²) in [4.78, 5) is 5.54. The third kappa shape index (κ3) is 7.99. The number of allylic oxidation sites excluding steroid dienone is 4. The van der Waals surface area contributed by atoms with Gasteiger partial charge >= 0.3 is 0 Å². The summed E-state index contributed by atoms with van der Waals surface area (Å²) >= 11 is 0. The lowest BCUT2D eigenvalue weighted by atomic mass is 9.93. The monoisotopic (exact) mass is 775 g/mol. The number of hydrogen-bond acceptors (Lipinski definition) is 5. The second-order valence-electron chi connectivity index (χ2n) is 15.4. The van der Waals surface area contributed by atoms with Gasteiger partial charge in [-0.1, -0.05) is 164 Å². The smallest absolute Gasteiger partial charge is 0.131 e. The topological polar surface area (TPSA) is 60.5 Å². The number of rotatable bonds is 9. The van der Waals surface area contributed by atoms with Crippen molar-refractivity contribution in [2.45, 2.75) is 18.4 Å². The average Bonchev–Trinajstić information content (AvgIpc) is 3.35. The van der Waals surface area contributed by atoms with Crippen LogP contribution >= 0.6 is 0 Å². The molecule has 5 nitrogen and oxygen atoms in total. The zero-order valence-corrected chi connectivity index (χ0v) is 33.2. The van der Waals surface area contributed by atoms with Gasteiger partial charge in [0.05, 0.1) is 6.04 Å². The van der Waals surface area contributed by atoms with Gasteiger partial charge in [0.15, 0.2) is 0 Å². The molecule has 3 atom stereocenters. The first-order valence-corrected chi connectivity index (χ1v) is 20.7. The molecule has 0 saturated heterocycles. The van der Waals surface area contributed by atoms with E-state index in [9.17, 15) is 0 Å². The lowest BCUT2D eigenvalue weighted by Crippen LogP contribution is -2.45. The van der Waals surface area contributed by atoms with Crippen molar-refractivity contribution in [3.8, 4) is 44.5 Å². The van der Waals surface area contributed by atoms with Crippen molar-refractivity contribution in [3.63, 3.8) is 0 Å². The van der Waals surface area contributed by atoms with Crippen molar-refractivity contribution < 1.29 is 0 Å². The van der Waals surface area contributed by atoms with E-state index in [1.54, 1.807) is 0 Å². The predicted octanol–water partition coefficient (Wildman–Crippen LogP) is 11.9. The third-order valence-electron chi connectivity index (χ3n) is 11.4. The second-order valence-corrected chi connectivity index (χ2v) is 15.4. The molecule has 4 N–H and O–H groups in total. The van der Waals surface area contributed by atoms with Crippen LogP contribution < -0.4 is 21.3 Å². The van der Waals surface area contributed by atoms with Crippen molar-refractivity contribution in [2.24, 2.45) is 4.99 Å². The van der Waals surface area contributed by atoms with E-state index in [1.807, 2.05) is 12.3 Å². The molecule has 0 aromatic heterocycles. The molecule has 0 fully saturated rings. The predicted molar refractivity (Wildman–Crippen MR) is 249 cm³/mol. The average molecular weight is 776 g/mol. The molecule has 0 radical (unpaired) electrons. The Kier molecular flexibility index (Phi) is 10.3. The standard InChI is InChI=1S/C55H45N5/c1-4-14-38(15-5-1)45-32-47(40-22-26-42(27-23-40)51-20-10-12-30-56-51)36-49(34-45)54-58-53(44-18-8-3-9-19-44)59-55(60-54)50-35-46(39-16-6-2-7-17-39)33-48(37-50)41-24-28-43(29-25-41)52-21-11-13-31-57-52/h1-30,32-37,51,53-54,56-58H,31H2,(H,59,60). The molecular weight excluding hydrogens is 731 g/mol. The van der Waals surface area contributed by atoms with Crippen molar-refractivity contribution in [2.75, 3.05) is 6.54 Å². The highest BCUT2D eigenvalue weighted by Crippen LogP contribution is 2.36. The molecule has 0 spiro atoms. The molecular formula is C55H45N5. The number of nitrogens with one attached hydrogen (secondary N) is 4. The Morgan fingerprint density at radius 3 is 1.58 bits per heavy atom. The Morgan fingerprint density at radius 1 is 0.450 bits per heavy atom. The third-order valence-corrected chi connectivity index (χ3v) is 11.4. The SMILES string of the molecule is C1=CCNC(c2ccc(-c3cc(C4=NC(c5cc(-c6ccccc6)cc(-c6ccc(C7C=CC=CN7)cc6)c5)NC(c5ccccc5)N4)cc(-c4ccccc4)c3)cc2)=C1. The Bertz CT molecular complexity index is 2770. The molecule has 5 heteroatoms. The van der Waals surface area contributed by atoms with E-state index < -0.39 is 0 Å². The molecule has 60 heavy (non-hydrogen) atoms. The van der Waals surface area contributed by atoms with Crippen molar-refractivity contribution >= 4 is 11.5 Å². The molecule has 10 rings (SSSR count). The normalized spacial score (nSPS) is 18.1. The number of dihydropyridines is 2. The number of benzene rings is 7. The Morgan fingerprint density at radius 2 is 1.00 bits per heavy atom. The fraction of sp³-hybridized carbons (Fsp3) is 0.0727. The van der Waals surface area contributed by atoms with Crippen molar-refractivity contribution in [1.29, 1.82) is 0 Å². The summed E-state index contributed by atoms with van der Waals surface area (Å²) < 4.78 is 0. The highest BCUT2D eigenvalue weighted by atomic mass is 15.3. The molecule has 7 aromatic rings. The van der Waals surface area contributed by atoms with Crippen LogP contribution in [0.15, 0.2) is 224 Å². The molecule has 0 saturated carbocycles. The molecule has 0 bridgehead atoms. The largest absolute Gasteiger partial charge is 0.381 e. The molecule has 3 heterocycles. The molecule has 3 aliphatic heterocycles. The zero-order valence-electron chi connectivity index (χ0n) is 33.2. The maximum Gasteiger partial charge on any atom is 0.131 e. The van der Waals surface area contributed by atoms with Gasteiger partial charge in [0.1, 0.15) is 18.2 Å². The van der Waals surface area contributed by atoms with Crippen LogP contribution in [-0.4, -0.2) is 12.4 Å². The number of hydrogen-bond donors (Lipinski definition) is 4. The molecule has 0 aliphatic carbocycles. The van der Waals surface area contributed by atoms with Crippen molar-refractivity contribution in [1.82, 2.24) is 21.3 Å². The lowest BCUT2D eigenvalue weighted by molar-refractivity contribution is 0.409. The highest BCUT2D eigenvalue weighted by molar-refractivity contribution is 6.02. The molecule has 0 amide bonds. The minimum Gasteiger partial charge on any atom is -0.381 e. The van der Waals surface area contributed by atoms with Gasteiger partial charge in [-0.2, -0.15) is 0 Å². The number of aliphatic imine (C=N–C) groups is 1. The van der Waals surface area contributed by atoms with Crippen LogP contribution in [0.1, 0.15) is 46.2 Å². The van der Waals surface area contributed by atoms with Crippen molar-refractivity contribution in [3.05, 3.63) is 246 Å². The zero-order chi connectivity index (χ0) is 40.1. The summed E-state index contributed by atoms with van der Waals surface area (Å²) in [6.45, 7) is 0.838. The molecule has 7 aromatic carbocycles. The molecule has 3 unspecified atom stereocenters. The van der Waals surface area contributed by atoms with Gasteiger partial charge in [-0.3, -0.25) is 5.32 Å². The summed E-state index contributed by atoms with van der Waals surface area (Å²) in [5, 5.41) is 14.7. The fourth-order valence-electron chi connectivity index (χ4n) is 8.23. The van der Waals surface area contributed by atoms with Crippen LogP contribution in [0.4, 0.5) is 0 Å².